The Balaban J connectivity index is 1.55. The molecule has 0 spiro atoms. The summed E-state index contributed by atoms with van der Waals surface area (Å²) < 4.78 is 1.89. The highest BCUT2D eigenvalue weighted by molar-refractivity contribution is 5.69. The zero-order chi connectivity index (χ0) is 32.3. The van der Waals surface area contributed by atoms with Gasteiger partial charge in [0, 0.05) is 78.5 Å². The first-order valence-corrected chi connectivity index (χ1v) is 15.8. The van der Waals surface area contributed by atoms with Crippen LogP contribution in [0.3, 0.4) is 0 Å². The zero-order valence-corrected chi connectivity index (χ0v) is 26.2. The summed E-state index contributed by atoms with van der Waals surface area (Å²) in [7, 11) is 0. The first-order chi connectivity index (χ1) is 22.3. The summed E-state index contributed by atoms with van der Waals surface area (Å²) in [4.78, 5) is 39.4. The van der Waals surface area contributed by atoms with Crippen LogP contribution in [0, 0.1) is 12.3 Å². The lowest BCUT2D eigenvalue weighted by atomic mass is 10.0. The first-order valence-electron chi connectivity index (χ1n) is 15.8. The molecule has 13 heteroatoms. The molecule has 5 heterocycles. The van der Waals surface area contributed by atoms with E-state index in [2.05, 4.69) is 55.2 Å². The lowest BCUT2D eigenvalue weighted by Gasteiger charge is -2.34. The van der Waals surface area contributed by atoms with Crippen molar-refractivity contribution in [3.63, 3.8) is 0 Å². The van der Waals surface area contributed by atoms with Crippen molar-refractivity contribution in [3.05, 3.63) is 65.7 Å². The van der Waals surface area contributed by atoms with Crippen LogP contribution < -0.4 is 0 Å². The number of carbonyl (C=O) groups is 2. The van der Waals surface area contributed by atoms with Gasteiger partial charge in [-0.05, 0) is 23.3 Å². The van der Waals surface area contributed by atoms with Crippen LogP contribution >= 0.6 is 0 Å². The fourth-order valence-corrected chi connectivity index (χ4v) is 6.04. The van der Waals surface area contributed by atoms with E-state index in [-0.39, 0.29) is 13.1 Å². The van der Waals surface area contributed by atoms with Crippen molar-refractivity contribution < 1.29 is 19.8 Å². The van der Waals surface area contributed by atoms with Crippen LogP contribution in [0.1, 0.15) is 17.1 Å². The van der Waals surface area contributed by atoms with E-state index in [1.165, 1.54) is 0 Å². The molecule has 1 saturated heterocycles. The summed E-state index contributed by atoms with van der Waals surface area (Å²) in [5.41, 5.74) is 4.77. The van der Waals surface area contributed by atoms with Gasteiger partial charge in [-0.1, -0.05) is 41.5 Å². The number of rotatable bonds is 6. The molecule has 0 saturated carbocycles. The molecule has 2 N–H and O–H groups in total. The summed E-state index contributed by atoms with van der Waals surface area (Å²) in [5.74, 6) is 1.07. The second-order valence-electron chi connectivity index (χ2n) is 12.0. The second kappa shape index (κ2) is 16.4. The highest BCUT2D eigenvalue weighted by Crippen LogP contribution is 2.22. The number of benzene rings is 1. The normalized spacial score (nSPS) is 21.1. The monoisotopic (exact) mass is 629 g/mol. The maximum atomic E-state index is 11.8. The van der Waals surface area contributed by atoms with E-state index >= 15 is 0 Å². The van der Waals surface area contributed by atoms with Gasteiger partial charge in [0.15, 0.2) is 0 Å². The van der Waals surface area contributed by atoms with Crippen LogP contribution in [0.5, 0.6) is 0 Å². The van der Waals surface area contributed by atoms with Crippen molar-refractivity contribution in [2.75, 3.05) is 85.1 Å². The van der Waals surface area contributed by atoms with Crippen LogP contribution in [0.4, 0.5) is 0 Å². The topological polar surface area (TPSA) is 134 Å². The van der Waals surface area contributed by atoms with Crippen LogP contribution in [0.25, 0.3) is 11.1 Å². The second-order valence-corrected chi connectivity index (χ2v) is 12.0. The fourth-order valence-electron chi connectivity index (χ4n) is 6.04. The number of carboxylic acid groups (broad SMARTS) is 2. The Bertz CT molecular complexity index is 1460. The molecule has 3 aliphatic heterocycles. The van der Waals surface area contributed by atoms with Gasteiger partial charge in [-0.2, -0.15) is 0 Å². The number of pyridine rings is 1. The Morgan fingerprint density at radius 1 is 0.717 bits per heavy atom. The van der Waals surface area contributed by atoms with Gasteiger partial charge in [-0.25, -0.2) is 4.68 Å². The molecule has 0 unspecified atom stereocenters. The third kappa shape index (κ3) is 9.90. The lowest BCUT2D eigenvalue weighted by Crippen LogP contribution is -2.48. The summed E-state index contributed by atoms with van der Waals surface area (Å²) in [6.07, 6.45) is 7.56. The minimum atomic E-state index is -0.854. The number of aliphatic carboxylic acids is 2. The molecule has 0 aliphatic carbocycles. The lowest BCUT2D eigenvalue weighted by molar-refractivity contribution is -0.139. The van der Waals surface area contributed by atoms with Crippen LogP contribution in [-0.2, 0) is 29.2 Å². The molecule has 4 bridgehead atoms. The zero-order valence-electron chi connectivity index (χ0n) is 26.2. The summed E-state index contributed by atoms with van der Waals surface area (Å²) in [5, 5.41) is 28.0. The fraction of sp³-hybridized carbons (Fsp3) is 0.485. The number of fused-ring (bicyclic) bond motifs is 11. The molecule has 0 radical (unpaired) electrons. The summed E-state index contributed by atoms with van der Waals surface area (Å²) >= 11 is 0. The molecular weight excluding hydrogens is 586 g/mol. The molecule has 0 atom stereocenters. The highest BCUT2D eigenvalue weighted by Gasteiger charge is 2.21. The smallest absolute Gasteiger partial charge is 0.317 e. The predicted octanol–water partition coefficient (Wildman–Crippen LogP) is 0.728. The van der Waals surface area contributed by atoms with Crippen molar-refractivity contribution in [2.45, 2.75) is 19.6 Å². The van der Waals surface area contributed by atoms with Crippen molar-refractivity contribution in [1.82, 2.24) is 44.5 Å². The standard InChI is InChI=1S/C33H43N9O4/c1-2-8-38-12-9-37-10-13-40(25-32(43)44)17-15-39(16-18-41(14-11-37)26-33(45)46)22-29-19-28(27-6-4-3-5-7-27)20-30(35-29)23-42-31(24-38)21-34-36-42/h1,3-7,19-21H,8-18,22-26H2,(H,43,44)(H,45,46). The highest BCUT2D eigenvalue weighted by atomic mass is 16.4. The van der Waals surface area contributed by atoms with Crippen LogP contribution in [-0.4, -0.2) is 152 Å². The van der Waals surface area contributed by atoms with Crippen molar-refractivity contribution in [3.8, 4) is 23.5 Å². The van der Waals surface area contributed by atoms with Gasteiger partial charge in [0.2, 0.25) is 0 Å². The molecule has 2 aromatic heterocycles. The third-order valence-corrected chi connectivity index (χ3v) is 8.51. The van der Waals surface area contributed by atoms with E-state index in [9.17, 15) is 19.8 Å². The molecular formula is C33H43N9O4. The van der Waals surface area contributed by atoms with E-state index in [4.69, 9.17) is 11.4 Å². The van der Waals surface area contributed by atoms with Gasteiger partial charge in [-0.15, -0.1) is 11.5 Å². The molecule has 0 amide bonds. The van der Waals surface area contributed by atoms with E-state index in [1.807, 2.05) is 32.7 Å². The van der Waals surface area contributed by atoms with E-state index in [1.54, 1.807) is 6.20 Å². The molecule has 6 rings (SSSR count). The Morgan fingerprint density at radius 3 is 1.87 bits per heavy atom. The third-order valence-electron chi connectivity index (χ3n) is 8.51. The SMILES string of the molecule is C#CCN1CCN2CCN(CC(=O)O)CCN(CCN(CC(=O)O)CC2)Cc2cc(-c3ccccc3)cc(n2)Cn2nncc2C1. The maximum absolute atomic E-state index is 11.8. The average Bonchev–Trinajstić information content (AvgIpc) is 3.46. The first kappa shape index (κ1) is 33.2. The van der Waals surface area contributed by atoms with E-state index in [0.717, 1.165) is 28.2 Å². The van der Waals surface area contributed by atoms with Gasteiger partial charge in [0.05, 0.1) is 49.5 Å². The Hall–Kier alpha value is -4.19. The number of hydrogen-bond donors (Lipinski definition) is 2. The van der Waals surface area contributed by atoms with E-state index < -0.39 is 11.9 Å². The van der Waals surface area contributed by atoms with Crippen molar-refractivity contribution in [2.24, 2.45) is 0 Å². The minimum Gasteiger partial charge on any atom is -0.480 e. The molecule has 46 heavy (non-hydrogen) atoms. The predicted molar refractivity (Wildman–Crippen MR) is 173 cm³/mol. The molecule has 1 aromatic carbocycles. The quantitative estimate of drug-likeness (QED) is 0.373. The van der Waals surface area contributed by atoms with Gasteiger partial charge in [-0.3, -0.25) is 39.1 Å². The van der Waals surface area contributed by atoms with Crippen LogP contribution in [0.2, 0.25) is 0 Å². The van der Waals surface area contributed by atoms with Gasteiger partial charge < -0.3 is 10.2 Å². The van der Waals surface area contributed by atoms with Gasteiger partial charge >= 0.3 is 11.9 Å². The average molecular weight is 630 g/mol. The Labute approximate surface area is 270 Å². The summed E-state index contributed by atoms with van der Waals surface area (Å²) in [6.45, 7) is 8.08. The summed E-state index contributed by atoms with van der Waals surface area (Å²) in [6, 6.07) is 14.4. The largest absolute Gasteiger partial charge is 0.480 e. The molecule has 13 nitrogen and oxygen atoms in total. The van der Waals surface area contributed by atoms with Crippen molar-refractivity contribution >= 4 is 11.9 Å². The molecule has 1 fully saturated rings. The molecule has 3 aliphatic rings. The number of aromatic nitrogens is 4. The number of hydrogen-bond acceptors (Lipinski definition) is 10. The number of nitrogens with zero attached hydrogens (tertiary/aromatic N) is 9. The van der Waals surface area contributed by atoms with Gasteiger partial charge in [0.25, 0.3) is 0 Å². The molecule has 244 valence electrons. The minimum absolute atomic E-state index is 0.0427. The number of terminal acetylenes is 1. The van der Waals surface area contributed by atoms with Gasteiger partial charge in [0.1, 0.15) is 0 Å². The Morgan fingerprint density at radius 2 is 1.28 bits per heavy atom. The van der Waals surface area contributed by atoms with E-state index in [0.29, 0.717) is 91.6 Å². The van der Waals surface area contributed by atoms with Crippen LogP contribution in [0.15, 0.2) is 48.7 Å². The Kier molecular flexibility index (Phi) is 11.8. The van der Waals surface area contributed by atoms with Crippen molar-refractivity contribution in [1.29, 1.82) is 0 Å². The number of carboxylic acids is 2. The maximum Gasteiger partial charge on any atom is 0.317 e. The molecule has 3 aromatic rings.